The van der Waals surface area contributed by atoms with Crippen molar-refractivity contribution < 1.29 is 0 Å². The monoisotopic (exact) mass is 129 g/mol. The van der Waals surface area contributed by atoms with Crippen molar-refractivity contribution in [3.63, 3.8) is 0 Å². The summed E-state index contributed by atoms with van der Waals surface area (Å²) in [6, 6.07) is 1.41. The minimum absolute atomic E-state index is 0.681. The summed E-state index contributed by atoms with van der Waals surface area (Å²) in [6.45, 7) is 8.95. The summed E-state index contributed by atoms with van der Waals surface area (Å²) >= 11 is 0. The second-order valence-corrected chi connectivity index (χ2v) is 3.02. The molecule has 0 aromatic rings. The lowest BCUT2D eigenvalue weighted by Gasteiger charge is -2.27. The Morgan fingerprint density at radius 1 is 1.22 bits per heavy atom. The molecule has 0 unspecified atom stereocenters. The van der Waals surface area contributed by atoms with Gasteiger partial charge in [0.15, 0.2) is 0 Å². The molecule has 0 aromatic carbocycles. The predicted molar refractivity (Wildman–Crippen MR) is 42.7 cm³/mol. The van der Waals surface area contributed by atoms with Crippen LogP contribution in [-0.2, 0) is 0 Å². The van der Waals surface area contributed by atoms with Crippen molar-refractivity contribution in [2.24, 2.45) is 0 Å². The van der Waals surface area contributed by atoms with Crippen molar-refractivity contribution in [2.45, 2.75) is 46.2 Å². The zero-order valence-corrected chi connectivity index (χ0v) is 7.31. The van der Waals surface area contributed by atoms with E-state index < -0.39 is 0 Å². The average Bonchev–Trinajstić information content (AvgIpc) is 1.84. The molecule has 56 valence electrons. The molecule has 1 heteroatoms. The maximum atomic E-state index is 2.39. The van der Waals surface area contributed by atoms with Gasteiger partial charge < -0.3 is 4.90 Å². The molecule has 0 amide bonds. The van der Waals surface area contributed by atoms with Crippen LogP contribution in [0.4, 0.5) is 0 Å². The molecule has 0 fully saturated rings. The molecule has 0 aliphatic rings. The highest BCUT2D eigenvalue weighted by Gasteiger charge is 2.08. The standard InChI is InChI=1S/C8H19N/c1-6-8(4)9(5)7(2)3/h7-8H,6H2,1-5H3/t8-/m0/s1. The topological polar surface area (TPSA) is 3.24 Å². The maximum Gasteiger partial charge on any atom is 0.00639 e. The van der Waals surface area contributed by atoms with Crippen molar-refractivity contribution in [1.29, 1.82) is 0 Å². The summed E-state index contributed by atoms with van der Waals surface area (Å²) in [5, 5.41) is 0. The van der Waals surface area contributed by atoms with Crippen LogP contribution in [0.2, 0.25) is 0 Å². The molecule has 9 heavy (non-hydrogen) atoms. The van der Waals surface area contributed by atoms with E-state index in [0.717, 1.165) is 6.04 Å². The van der Waals surface area contributed by atoms with E-state index in [1.165, 1.54) is 6.42 Å². The fraction of sp³-hybridized carbons (Fsp3) is 1.00. The Bertz CT molecular complexity index is 69.0. The van der Waals surface area contributed by atoms with Gasteiger partial charge in [-0.15, -0.1) is 0 Å². The number of rotatable bonds is 3. The van der Waals surface area contributed by atoms with Gasteiger partial charge in [0.25, 0.3) is 0 Å². The van der Waals surface area contributed by atoms with Gasteiger partial charge in [0, 0.05) is 12.1 Å². The van der Waals surface area contributed by atoms with Crippen molar-refractivity contribution >= 4 is 0 Å². The molecule has 0 radical (unpaired) electrons. The number of hydrogen-bond acceptors (Lipinski definition) is 1. The Kier molecular flexibility index (Phi) is 3.87. The lowest BCUT2D eigenvalue weighted by molar-refractivity contribution is 0.204. The van der Waals surface area contributed by atoms with E-state index in [1.807, 2.05) is 0 Å². The first-order chi connectivity index (χ1) is 4.09. The van der Waals surface area contributed by atoms with Gasteiger partial charge in [-0.1, -0.05) is 6.92 Å². The quantitative estimate of drug-likeness (QED) is 0.564. The van der Waals surface area contributed by atoms with Gasteiger partial charge >= 0.3 is 0 Å². The van der Waals surface area contributed by atoms with Crippen molar-refractivity contribution in [3.8, 4) is 0 Å². The Morgan fingerprint density at radius 2 is 1.67 bits per heavy atom. The van der Waals surface area contributed by atoms with Gasteiger partial charge in [-0.05, 0) is 34.2 Å². The molecule has 0 aliphatic carbocycles. The zero-order valence-electron chi connectivity index (χ0n) is 7.31. The van der Waals surface area contributed by atoms with Gasteiger partial charge in [0.05, 0.1) is 0 Å². The first kappa shape index (κ1) is 8.96. The smallest absolute Gasteiger partial charge is 0.00639 e. The molecular formula is C8H19N. The summed E-state index contributed by atoms with van der Waals surface area (Å²) < 4.78 is 0. The second kappa shape index (κ2) is 3.89. The lowest BCUT2D eigenvalue weighted by atomic mass is 10.2. The molecule has 0 heterocycles. The highest BCUT2D eigenvalue weighted by atomic mass is 15.1. The Balaban J connectivity index is 3.58. The van der Waals surface area contributed by atoms with E-state index in [9.17, 15) is 0 Å². The van der Waals surface area contributed by atoms with Crippen LogP contribution >= 0.6 is 0 Å². The first-order valence-corrected chi connectivity index (χ1v) is 3.81. The van der Waals surface area contributed by atoms with Gasteiger partial charge in [-0.25, -0.2) is 0 Å². The molecule has 0 N–H and O–H groups in total. The summed E-state index contributed by atoms with van der Waals surface area (Å²) in [7, 11) is 2.18. The summed E-state index contributed by atoms with van der Waals surface area (Å²) in [5.41, 5.74) is 0. The normalized spacial score (nSPS) is 15.0. The molecule has 0 saturated carbocycles. The molecular weight excluding hydrogens is 110 g/mol. The molecule has 1 atom stereocenters. The minimum Gasteiger partial charge on any atom is -0.301 e. The van der Waals surface area contributed by atoms with Crippen molar-refractivity contribution in [3.05, 3.63) is 0 Å². The highest BCUT2D eigenvalue weighted by Crippen LogP contribution is 2.03. The molecule has 0 spiro atoms. The average molecular weight is 129 g/mol. The molecule has 0 aromatic heterocycles. The Morgan fingerprint density at radius 3 is 1.78 bits per heavy atom. The first-order valence-electron chi connectivity index (χ1n) is 3.81. The fourth-order valence-electron chi connectivity index (χ4n) is 0.797. The van der Waals surface area contributed by atoms with Gasteiger partial charge in [-0.2, -0.15) is 0 Å². The Labute approximate surface area is 59.1 Å². The lowest BCUT2D eigenvalue weighted by Crippen LogP contribution is -2.34. The molecule has 1 nitrogen and oxygen atoms in total. The fourth-order valence-corrected chi connectivity index (χ4v) is 0.797. The van der Waals surface area contributed by atoms with E-state index >= 15 is 0 Å². The molecule has 0 saturated heterocycles. The largest absolute Gasteiger partial charge is 0.301 e. The third kappa shape index (κ3) is 2.85. The SMILES string of the molecule is CC[C@H](C)N(C)C(C)C. The van der Waals surface area contributed by atoms with Gasteiger partial charge in [0.2, 0.25) is 0 Å². The highest BCUT2D eigenvalue weighted by molar-refractivity contribution is 4.63. The van der Waals surface area contributed by atoms with Crippen LogP contribution in [0.1, 0.15) is 34.1 Å². The van der Waals surface area contributed by atoms with E-state index in [1.54, 1.807) is 0 Å². The van der Waals surface area contributed by atoms with Crippen molar-refractivity contribution in [2.75, 3.05) is 7.05 Å². The maximum absolute atomic E-state index is 2.39. The van der Waals surface area contributed by atoms with E-state index in [2.05, 4.69) is 39.6 Å². The van der Waals surface area contributed by atoms with Crippen LogP contribution in [0.15, 0.2) is 0 Å². The van der Waals surface area contributed by atoms with Crippen LogP contribution in [0.5, 0.6) is 0 Å². The van der Waals surface area contributed by atoms with Crippen LogP contribution in [0, 0.1) is 0 Å². The van der Waals surface area contributed by atoms with E-state index in [-0.39, 0.29) is 0 Å². The summed E-state index contributed by atoms with van der Waals surface area (Å²) in [6.07, 6.45) is 1.24. The molecule has 0 rings (SSSR count). The molecule has 0 bridgehead atoms. The predicted octanol–water partition coefficient (Wildman–Crippen LogP) is 2.13. The van der Waals surface area contributed by atoms with Crippen LogP contribution in [0.25, 0.3) is 0 Å². The van der Waals surface area contributed by atoms with Crippen LogP contribution in [0.3, 0.4) is 0 Å². The Hall–Kier alpha value is -0.0400. The molecule has 0 aliphatic heterocycles. The second-order valence-electron chi connectivity index (χ2n) is 3.02. The van der Waals surface area contributed by atoms with Crippen molar-refractivity contribution in [1.82, 2.24) is 4.90 Å². The summed E-state index contributed by atoms with van der Waals surface area (Å²) in [4.78, 5) is 2.39. The van der Waals surface area contributed by atoms with E-state index in [4.69, 9.17) is 0 Å². The minimum atomic E-state index is 0.681. The zero-order chi connectivity index (χ0) is 7.44. The van der Waals surface area contributed by atoms with Gasteiger partial charge in [-0.3, -0.25) is 0 Å². The third-order valence-corrected chi connectivity index (χ3v) is 2.10. The van der Waals surface area contributed by atoms with Crippen LogP contribution in [-0.4, -0.2) is 24.0 Å². The number of hydrogen-bond donors (Lipinski definition) is 0. The third-order valence-electron chi connectivity index (χ3n) is 2.10. The van der Waals surface area contributed by atoms with Gasteiger partial charge in [0.1, 0.15) is 0 Å². The number of nitrogens with zero attached hydrogens (tertiary/aromatic N) is 1. The van der Waals surface area contributed by atoms with E-state index in [0.29, 0.717) is 6.04 Å². The summed E-state index contributed by atoms with van der Waals surface area (Å²) in [5.74, 6) is 0. The van der Waals surface area contributed by atoms with Crippen LogP contribution < -0.4 is 0 Å².